The maximum atomic E-state index is 11.9. The van der Waals surface area contributed by atoms with Crippen molar-refractivity contribution in [2.45, 2.75) is 26.1 Å². The fourth-order valence-electron chi connectivity index (χ4n) is 2.65. The van der Waals surface area contributed by atoms with E-state index in [9.17, 15) is 13.2 Å². The first-order valence-electron chi connectivity index (χ1n) is 8.71. The molecule has 2 amide bonds. The highest BCUT2D eigenvalue weighted by atomic mass is 32.2. The first-order chi connectivity index (χ1) is 12.7. The van der Waals surface area contributed by atoms with Crippen LogP contribution in [0.4, 0.5) is 4.79 Å². The zero-order valence-corrected chi connectivity index (χ0v) is 16.7. The topological polar surface area (TPSA) is 84.5 Å². The monoisotopic (exact) mass is 390 g/mol. The summed E-state index contributed by atoms with van der Waals surface area (Å²) < 4.78 is 28.3. The van der Waals surface area contributed by atoms with Crippen molar-refractivity contribution in [3.05, 3.63) is 64.7 Å². The Kier molecular flexibility index (Phi) is 7.24. The minimum atomic E-state index is -3.05. The number of urea groups is 1. The molecule has 0 aliphatic carbocycles. The second kappa shape index (κ2) is 9.41. The van der Waals surface area contributed by atoms with Gasteiger partial charge < -0.3 is 15.4 Å². The molecule has 2 aromatic carbocycles. The van der Waals surface area contributed by atoms with Crippen LogP contribution in [0.15, 0.2) is 42.5 Å². The van der Waals surface area contributed by atoms with E-state index in [4.69, 9.17) is 4.74 Å². The second-order valence-corrected chi connectivity index (χ2v) is 8.71. The normalized spacial score (nSPS) is 11.1. The Balaban J connectivity index is 1.70. The minimum Gasteiger partial charge on any atom is -0.491 e. The van der Waals surface area contributed by atoms with Crippen LogP contribution < -0.4 is 15.4 Å². The van der Waals surface area contributed by atoms with Crippen LogP contribution in [0, 0.1) is 13.8 Å². The van der Waals surface area contributed by atoms with Gasteiger partial charge in [-0.15, -0.1) is 0 Å². The third-order valence-electron chi connectivity index (χ3n) is 3.95. The first kappa shape index (κ1) is 20.8. The molecule has 0 fully saturated rings. The quantitative estimate of drug-likeness (QED) is 0.679. The number of amides is 2. The standard InChI is InChI=1S/C20H26N2O4S/c1-15-5-4-6-16(2)19(15)26-12-11-21-20(23)22-13-17-7-9-18(10-8-17)14-27(3,24)25/h4-10H,11-14H2,1-3H3,(H2,21,22,23). The van der Waals surface area contributed by atoms with Gasteiger partial charge in [0.1, 0.15) is 12.4 Å². The fourth-order valence-corrected chi connectivity index (χ4v) is 3.44. The van der Waals surface area contributed by atoms with Crippen molar-refractivity contribution < 1.29 is 17.9 Å². The Bertz CT molecular complexity index is 857. The molecule has 0 saturated carbocycles. The number of aryl methyl sites for hydroxylation is 2. The number of carbonyl (C=O) groups excluding carboxylic acids is 1. The average Bonchev–Trinajstić information content (AvgIpc) is 2.59. The molecule has 0 heterocycles. The van der Waals surface area contributed by atoms with Gasteiger partial charge in [-0.3, -0.25) is 0 Å². The predicted molar refractivity (Wildman–Crippen MR) is 107 cm³/mol. The molecule has 0 aliphatic heterocycles. The summed E-state index contributed by atoms with van der Waals surface area (Å²) in [6.07, 6.45) is 1.21. The summed E-state index contributed by atoms with van der Waals surface area (Å²) in [5.41, 5.74) is 3.76. The van der Waals surface area contributed by atoms with Crippen LogP contribution in [-0.2, 0) is 22.1 Å². The molecule has 0 unspecified atom stereocenters. The Morgan fingerprint density at radius 1 is 0.963 bits per heavy atom. The van der Waals surface area contributed by atoms with Crippen LogP contribution in [0.5, 0.6) is 5.75 Å². The molecule has 27 heavy (non-hydrogen) atoms. The van der Waals surface area contributed by atoms with E-state index in [-0.39, 0.29) is 11.8 Å². The Hall–Kier alpha value is -2.54. The Labute approximate surface area is 160 Å². The smallest absolute Gasteiger partial charge is 0.315 e. The summed E-state index contributed by atoms with van der Waals surface area (Å²) >= 11 is 0. The number of benzene rings is 2. The number of carbonyl (C=O) groups is 1. The predicted octanol–water partition coefficient (Wildman–Crippen LogP) is 2.73. The van der Waals surface area contributed by atoms with E-state index in [1.54, 1.807) is 12.1 Å². The molecule has 0 radical (unpaired) electrons. The molecule has 7 heteroatoms. The number of rotatable bonds is 8. The molecule has 0 bridgehead atoms. The summed E-state index contributed by atoms with van der Waals surface area (Å²) in [6, 6.07) is 12.8. The van der Waals surface area contributed by atoms with E-state index in [2.05, 4.69) is 10.6 Å². The van der Waals surface area contributed by atoms with Gasteiger partial charge in [0.15, 0.2) is 9.84 Å². The highest BCUT2D eigenvalue weighted by Crippen LogP contribution is 2.21. The highest BCUT2D eigenvalue weighted by Gasteiger charge is 2.06. The first-order valence-corrected chi connectivity index (χ1v) is 10.8. The van der Waals surface area contributed by atoms with Gasteiger partial charge in [0, 0.05) is 12.8 Å². The molecule has 0 spiro atoms. The molecule has 0 aliphatic rings. The zero-order valence-electron chi connectivity index (χ0n) is 15.9. The molecule has 0 atom stereocenters. The van der Waals surface area contributed by atoms with Gasteiger partial charge >= 0.3 is 6.03 Å². The van der Waals surface area contributed by atoms with E-state index < -0.39 is 9.84 Å². The summed E-state index contributed by atoms with van der Waals surface area (Å²) in [5.74, 6) is 0.871. The Morgan fingerprint density at radius 3 is 2.15 bits per heavy atom. The lowest BCUT2D eigenvalue weighted by Crippen LogP contribution is -2.37. The SMILES string of the molecule is Cc1cccc(C)c1OCCNC(=O)NCc1ccc(CS(C)(=O)=O)cc1. The summed E-state index contributed by atoms with van der Waals surface area (Å²) in [4.78, 5) is 11.9. The van der Waals surface area contributed by atoms with Crippen molar-refractivity contribution in [1.29, 1.82) is 0 Å². The maximum absolute atomic E-state index is 11.9. The van der Waals surface area contributed by atoms with Gasteiger partial charge in [0.2, 0.25) is 0 Å². The van der Waals surface area contributed by atoms with E-state index in [0.29, 0.717) is 19.7 Å². The molecule has 146 valence electrons. The van der Waals surface area contributed by atoms with Gasteiger partial charge in [0.05, 0.1) is 12.3 Å². The molecule has 2 aromatic rings. The third-order valence-corrected chi connectivity index (χ3v) is 4.81. The summed E-state index contributed by atoms with van der Waals surface area (Å²) in [6.45, 7) is 5.13. The highest BCUT2D eigenvalue weighted by molar-refractivity contribution is 7.89. The number of sulfone groups is 1. The van der Waals surface area contributed by atoms with Gasteiger partial charge in [-0.25, -0.2) is 13.2 Å². The third kappa shape index (κ3) is 7.30. The van der Waals surface area contributed by atoms with Gasteiger partial charge in [-0.05, 0) is 36.1 Å². The molecular weight excluding hydrogens is 364 g/mol. The lowest BCUT2D eigenvalue weighted by atomic mass is 10.1. The molecule has 6 nitrogen and oxygen atoms in total. The van der Waals surface area contributed by atoms with Crippen molar-refractivity contribution in [2.24, 2.45) is 0 Å². The zero-order chi connectivity index (χ0) is 19.9. The summed E-state index contributed by atoms with van der Waals surface area (Å²) in [7, 11) is -3.05. The van der Waals surface area contributed by atoms with Crippen LogP contribution in [0.2, 0.25) is 0 Å². The van der Waals surface area contributed by atoms with Gasteiger partial charge in [-0.2, -0.15) is 0 Å². The Morgan fingerprint density at radius 2 is 1.56 bits per heavy atom. The number of hydrogen-bond acceptors (Lipinski definition) is 4. The average molecular weight is 391 g/mol. The lowest BCUT2D eigenvalue weighted by molar-refractivity contribution is 0.236. The van der Waals surface area contributed by atoms with Gasteiger partial charge in [0.25, 0.3) is 0 Å². The number of para-hydroxylation sites is 1. The minimum absolute atomic E-state index is 0.0154. The molecule has 2 N–H and O–H groups in total. The van der Waals surface area contributed by atoms with Crippen LogP contribution in [0.1, 0.15) is 22.3 Å². The van der Waals surface area contributed by atoms with Crippen LogP contribution >= 0.6 is 0 Å². The molecule has 0 saturated heterocycles. The number of ether oxygens (including phenoxy) is 1. The molecule has 2 rings (SSSR count). The lowest BCUT2D eigenvalue weighted by Gasteiger charge is -2.12. The maximum Gasteiger partial charge on any atom is 0.315 e. The second-order valence-electron chi connectivity index (χ2n) is 6.57. The van der Waals surface area contributed by atoms with Crippen LogP contribution in [0.3, 0.4) is 0 Å². The molecule has 0 aromatic heterocycles. The van der Waals surface area contributed by atoms with E-state index in [1.165, 1.54) is 6.26 Å². The van der Waals surface area contributed by atoms with Crippen molar-refractivity contribution >= 4 is 15.9 Å². The van der Waals surface area contributed by atoms with Gasteiger partial charge in [-0.1, -0.05) is 42.5 Å². The van der Waals surface area contributed by atoms with Crippen LogP contribution in [0.25, 0.3) is 0 Å². The van der Waals surface area contributed by atoms with E-state index >= 15 is 0 Å². The van der Waals surface area contributed by atoms with Crippen LogP contribution in [-0.4, -0.2) is 33.9 Å². The fraction of sp³-hybridized carbons (Fsp3) is 0.350. The van der Waals surface area contributed by atoms with Crippen molar-refractivity contribution in [1.82, 2.24) is 10.6 Å². The van der Waals surface area contributed by atoms with Crippen molar-refractivity contribution in [3.63, 3.8) is 0 Å². The summed E-state index contributed by atoms with van der Waals surface area (Å²) in [5, 5.41) is 5.51. The van der Waals surface area contributed by atoms with E-state index in [0.717, 1.165) is 28.0 Å². The number of nitrogens with one attached hydrogen (secondary N) is 2. The largest absolute Gasteiger partial charge is 0.491 e. The van der Waals surface area contributed by atoms with Crippen molar-refractivity contribution in [2.75, 3.05) is 19.4 Å². The number of hydrogen-bond donors (Lipinski definition) is 2. The molecular formula is C20H26N2O4S. The van der Waals surface area contributed by atoms with E-state index in [1.807, 2.05) is 44.2 Å². The van der Waals surface area contributed by atoms with Crippen molar-refractivity contribution in [3.8, 4) is 5.75 Å².